The van der Waals surface area contributed by atoms with Crippen molar-refractivity contribution in [1.82, 2.24) is 15.0 Å². The second kappa shape index (κ2) is 4.03. The minimum absolute atomic E-state index is 0.469. The van der Waals surface area contributed by atoms with Gasteiger partial charge in [-0.3, -0.25) is 0 Å². The van der Waals surface area contributed by atoms with E-state index in [0.717, 1.165) is 26.5 Å². The largest absolute Gasteiger partial charge is 0.711 e. The first-order valence-corrected chi connectivity index (χ1v) is 6.26. The van der Waals surface area contributed by atoms with Crippen LogP contribution < -0.4 is 4.73 Å². The van der Waals surface area contributed by atoms with Gasteiger partial charge in [-0.25, -0.2) is 4.73 Å². The van der Waals surface area contributed by atoms with Gasteiger partial charge in [0.2, 0.25) is 0 Å². The van der Waals surface area contributed by atoms with E-state index in [0.29, 0.717) is 5.82 Å². The van der Waals surface area contributed by atoms with Crippen LogP contribution in [-0.4, -0.2) is 15.0 Å². The Balaban J connectivity index is 2.14. The van der Waals surface area contributed by atoms with E-state index in [4.69, 9.17) is 0 Å². The van der Waals surface area contributed by atoms with Crippen LogP contribution in [0.1, 0.15) is 0 Å². The molecule has 0 aliphatic rings. The van der Waals surface area contributed by atoms with Crippen LogP contribution in [0.4, 0.5) is 0 Å². The highest BCUT2D eigenvalue weighted by Gasteiger charge is 2.19. The molecule has 0 aliphatic heterocycles. The van der Waals surface area contributed by atoms with Crippen molar-refractivity contribution in [1.29, 1.82) is 0 Å². The van der Waals surface area contributed by atoms with Gasteiger partial charge in [-0.15, -0.1) is 5.10 Å². The number of rotatable bonds is 1. The lowest BCUT2D eigenvalue weighted by atomic mass is 10.1. The molecule has 2 heterocycles. The van der Waals surface area contributed by atoms with Gasteiger partial charge >= 0.3 is 5.82 Å². The van der Waals surface area contributed by atoms with Crippen molar-refractivity contribution in [3.8, 4) is 5.82 Å². The number of aromatic nitrogens is 4. The summed E-state index contributed by atoms with van der Waals surface area (Å²) in [6, 6.07) is 17.1. The first-order valence-electron chi connectivity index (χ1n) is 6.26. The van der Waals surface area contributed by atoms with Crippen LogP contribution in [0, 0.1) is 5.21 Å². The third-order valence-corrected chi connectivity index (χ3v) is 3.35. The molecule has 0 amide bonds. The third-order valence-electron chi connectivity index (χ3n) is 3.35. The lowest BCUT2D eigenvalue weighted by molar-refractivity contribution is -0.598. The van der Waals surface area contributed by atoms with Crippen LogP contribution >= 0.6 is 0 Å². The maximum Gasteiger partial charge on any atom is 0.320 e. The lowest BCUT2D eigenvalue weighted by Gasteiger charge is -2.09. The zero-order valence-corrected chi connectivity index (χ0v) is 10.5. The number of para-hydroxylation sites is 1. The minimum Gasteiger partial charge on any atom is -0.711 e. The summed E-state index contributed by atoms with van der Waals surface area (Å²) < 4.78 is 2.41. The van der Waals surface area contributed by atoms with E-state index < -0.39 is 0 Å². The molecule has 0 saturated carbocycles. The van der Waals surface area contributed by atoms with Crippen molar-refractivity contribution in [2.24, 2.45) is 0 Å². The van der Waals surface area contributed by atoms with Crippen LogP contribution in [0.25, 0.3) is 27.6 Å². The standard InChI is InChI=1S/C15H10N4O/c20-18-10-9-11-5-1-2-6-12(11)15(18)19-14-8-4-3-7-13(14)16-17-19/h1-10H. The Morgan fingerprint density at radius 2 is 1.75 bits per heavy atom. The lowest BCUT2D eigenvalue weighted by Crippen LogP contribution is -2.32. The Hall–Kier alpha value is -2.95. The number of pyridine rings is 1. The fourth-order valence-electron chi connectivity index (χ4n) is 2.42. The van der Waals surface area contributed by atoms with E-state index in [1.54, 1.807) is 10.7 Å². The van der Waals surface area contributed by atoms with Gasteiger partial charge in [0.25, 0.3) is 0 Å². The molecule has 0 bridgehead atoms. The molecule has 0 atom stereocenters. The highest BCUT2D eigenvalue weighted by atomic mass is 16.5. The van der Waals surface area contributed by atoms with Crippen molar-refractivity contribution < 1.29 is 4.73 Å². The molecule has 0 saturated heterocycles. The summed E-state index contributed by atoms with van der Waals surface area (Å²) in [6.45, 7) is 0. The topological polar surface area (TPSA) is 57.6 Å². The Kier molecular flexibility index (Phi) is 2.20. The molecule has 5 nitrogen and oxygen atoms in total. The van der Waals surface area contributed by atoms with E-state index in [1.807, 2.05) is 48.5 Å². The van der Waals surface area contributed by atoms with Crippen LogP contribution in [-0.2, 0) is 0 Å². The van der Waals surface area contributed by atoms with Crippen LogP contribution in [0.3, 0.4) is 0 Å². The molecule has 0 spiro atoms. The Morgan fingerprint density at radius 1 is 0.950 bits per heavy atom. The maximum absolute atomic E-state index is 12.2. The fourth-order valence-corrected chi connectivity index (χ4v) is 2.42. The highest BCUT2D eigenvalue weighted by molar-refractivity contribution is 5.88. The molecule has 2 aromatic carbocycles. The van der Waals surface area contributed by atoms with Crippen LogP contribution in [0.15, 0.2) is 60.8 Å². The number of hydrogen-bond donors (Lipinski definition) is 0. The summed E-state index contributed by atoms with van der Waals surface area (Å²) >= 11 is 0. The molecule has 0 aliphatic carbocycles. The first kappa shape index (κ1) is 10.9. The van der Waals surface area contributed by atoms with Gasteiger partial charge in [-0.1, -0.05) is 35.0 Å². The zero-order chi connectivity index (χ0) is 13.5. The van der Waals surface area contributed by atoms with Crippen LogP contribution in [0.2, 0.25) is 0 Å². The molecule has 4 rings (SSSR count). The number of hydrogen-bond acceptors (Lipinski definition) is 3. The average molecular weight is 262 g/mol. The normalized spacial score (nSPS) is 11.2. The molecule has 0 fully saturated rings. The van der Waals surface area contributed by atoms with E-state index in [9.17, 15) is 5.21 Å². The number of fused-ring (bicyclic) bond motifs is 2. The van der Waals surface area contributed by atoms with Gasteiger partial charge in [-0.2, -0.15) is 0 Å². The molecule has 20 heavy (non-hydrogen) atoms. The second-order valence-corrected chi connectivity index (χ2v) is 4.54. The number of benzene rings is 2. The van der Waals surface area contributed by atoms with Gasteiger partial charge in [0.1, 0.15) is 5.52 Å². The molecule has 4 aromatic rings. The molecular formula is C15H10N4O. The van der Waals surface area contributed by atoms with Gasteiger partial charge in [0.05, 0.1) is 11.6 Å². The van der Waals surface area contributed by atoms with E-state index in [2.05, 4.69) is 10.3 Å². The summed E-state index contributed by atoms with van der Waals surface area (Å²) in [5.74, 6) is 0.469. The Morgan fingerprint density at radius 3 is 2.70 bits per heavy atom. The average Bonchev–Trinajstić information content (AvgIpc) is 2.91. The summed E-state index contributed by atoms with van der Waals surface area (Å²) in [6.07, 6.45) is 1.49. The number of nitrogens with zero attached hydrogens (tertiary/aromatic N) is 4. The van der Waals surface area contributed by atoms with E-state index in [1.165, 1.54) is 6.20 Å². The predicted molar refractivity (Wildman–Crippen MR) is 75.3 cm³/mol. The monoisotopic (exact) mass is 262 g/mol. The minimum atomic E-state index is 0.469. The summed E-state index contributed by atoms with van der Waals surface area (Å²) in [7, 11) is 0. The summed E-state index contributed by atoms with van der Waals surface area (Å²) in [4.78, 5) is 0. The van der Waals surface area contributed by atoms with Crippen molar-refractivity contribution >= 4 is 21.8 Å². The van der Waals surface area contributed by atoms with Crippen LogP contribution in [0.5, 0.6) is 0 Å². The smallest absolute Gasteiger partial charge is 0.320 e. The maximum atomic E-state index is 12.2. The second-order valence-electron chi connectivity index (χ2n) is 4.54. The summed E-state index contributed by atoms with van der Waals surface area (Å²) in [5.41, 5.74) is 1.58. The van der Waals surface area contributed by atoms with E-state index >= 15 is 0 Å². The van der Waals surface area contributed by atoms with E-state index in [-0.39, 0.29) is 0 Å². The highest BCUT2D eigenvalue weighted by Crippen LogP contribution is 2.21. The SMILES string of the molecule is [O-][n+]1ccc2ccccc2c1-n1nnc2ccccc21. The molecule has 2 aromatic heterocycles. The first-order chi connectivity index (χ1) is 9.84. The van der Waals surface area contributed by atoms with Gasteiger partial charge in [0, 0.05) is 5.21 Å². The summed E-state index contributed by atoms with van der Waals surface area (Å²) in [5, 5.41) is 22.3. The molecule has 0 N–H and O–H groups in total. The molecular weight excluding hydrogens is 252 g/mol. The van der Waals surface area contributed by atoms with Gasteiger partial charge < -0.3 is 5.21 Å². The molecule has 0 unspecified atom stereocenters. The fraction of sp³-hybridized carbons (Fsp3) is 0. The Bertz CT molecular complexity index is 929. The third kappa shape index (κ3) is 1.46. The van der Waals surface area contributed by atoms with Gasteiger partial charge in [0.15, 0.2) is 5.52 Å². The zero-order valence-electron chi connectivity index (χ0n) is 10.5. The van der Waals surface area contributed by atoms with Crippen molar-refractivity contribution in [3.05, 3.63) is 66.0 Å². The van der Waals surface area contributed by atoms with Crippen molar-refractivity contribution in [2.75, 3.05) is 0 Å². The van der Waals surface area contributed by atoms with Crippen molar-refractivity contribution in [2.45, 2.75) is 0 Å². The molecule has 96 valence electrons. The quantitative estimate of drug-likeness (QED) is 0.390. The molecule has 0 radical (unpaired) electrons. The predicted octanol–water partition coefficient (Wildman–Crippen LogP) is 2.21. The van der Waals surface area contributed by atoms with Crippen molar-refractivity contribution in [3.63, 3.8) is 0 Å². The van der Waals surface area contributed by atoms with Gasteiger partial charge in [-0.05, 0) is 29.7 Å². The Labute approximate surface area is 114 Å². The molecule has 5 heteroatoms.